The van der Waals surface area contributed by atoms with Crippen molar-refractivity contribution in [3.63, 3.8) is 0 Å². The van der Waals surface area contributed by atoms with Gasteiger partial charge < -0.3 is 14.4 Å². The van der Waals surface area contributed by atoms with Crippen LogP contribution in [0.2, 0.25) is 0 Å². The number of halogens is 3. The summed E-state index contributed by atoms with van der Waals surface area (Å²) in [4.78, 5) is 11.0. The summed E-state index contributed by atoms with van der Waals surface area (Å²) in [7, 11) is 1.62. The molecule has 0 amide bonds. The van der Waals surface area contributed by atoms with Crippen molar-refractivity contribution in [3.05, 3.63) is 71.8 Å². The molecule has 0 aliphatic carbocycles. The Morgan fingerprint density at radius 1 is 1.00 bits per heavy atom. The molecule has 4 rings (SSSR count). The molecule has 1 aliphatic heterocycles. The van der Waals surface area contributed by atoms with E-state index in [4.69, 9.17) is 9.47 Å². The fraction of sp³-hybridized carbons (Fsp3) is 0.304. The molecule has 2 aromatic carbocycles. The Bertz CT molecular complexity index is 1070. The molecule has 0 bridgehead atoms. The maximum absolute atomic E-state index is 13.8. The normalized spacial score (nSPS) is 18.2. The highest BCUT2D eigenvalue weighted by Crippen LogP contribution is 2.28. The van der Waals surface area contributed by atoms with Gasteiger partial charge in [0.25, 0.3) is 0 Å². The van der Waals surface area contributed by atoms with E-state index in [1.807, 2.05) is 29.2 Å². The van der Waals surface area contributed by atoms with Crippen LogP contribution in [-0.2, 0) is 11.3 Å². The van der Waals surface area contributed by atoms with Gasteiger partial charge in [0.05, 0.1) is 26.4 Å². The highest BCUT2D eigenvalue weighted by atomic mass is 32.1. The van der Waals surface area contributed by atoms with Gasteiger partial charge in [-0.05, 0) is 30.2 Å². The summed E-state index contributed by atoms with van der Waals surface area (Å²) in [5, 5.41) is 0.105. The van der Waals surface area contributed by atoms with Crippen LogP contribution in [0, 0.1) is 17.5 Å². The van der Waals surface area contributed by atoms with E-state index in [0.29, 0.717) is 18.6 Å². The van der Waals surface area contributed by atoms with Crippen LogP contribution in [0.15, 0.2) is 48.8 Å². The topological polar surface area (TPSA) is 47.5 Å². The fourth-order valence-electron chi connectivity index (χ4n) is 3.68. The molecule has 3 aromatic rings. The maximum Gasteiger partial charge on any atom is 0.225 e. The first-order chi connectivity index (χ1) is 15.4. The zero-order chi connectivity index (χ0) is 22.7. The summed E-state index contributed by atoms with van der Waals surface area (Å²) >= 11 is 4.57. The van der Waals surface area contributed by atoms with E-state index in [9.17, 15) is 13.2 Å². The SMILES string of the molecule is COc1ccc(-c2cnc(N3C[C@H](S)C[C@H]3COCc3cc(F)c(F)cc3F)nc2)cc1. The molecular formula is C23H22F3N3O2S. The van der Waals surface area contributed by atoms with Crippen LogP contribution in [-0.4, -0.2) is 41.5 Å². The number of anilines is 1. The molecule has 0 spiro atoms. The third kappa shape index (κ3) is 4.99. The molecule has 0 N–H and O–H groups in total. The quantitative estimate of drug-likeness (QED) is 0.410. The van der Waals surface area contributed by atoms with E-state index in [0.717, 1.165) is 29.4 Å². The Kier molecular flexibility index (Phi) is 6.86. The Balaban J connectivity index is 1.41. The molecule has 2 heterocycles. The van der Waals surface area contributed by atoms with Crippen LogP contribution >= 0.6 is 12.6 Å². The van der Waals surface area contributed by atoms with Gasteiger partial charge in [0.2, 0.25) is 5.95 Å². The minimum atomic E-state index is -1.22. The lowest BCUT2D eigenvalue weighted by Crippen LogP contribution is -2.34. The van der Waals surface area contributed by atoms with Gasteiger partial charge in [-0.1, -0.05) is 12.1 Å². The van der Waals surface area contributed by atoms with E-state index >= 15 is 0 Å². The van der Waals surface area contributed by atoms with Gasteiger partial charge in [-0.3, -0.25) is 0 Å². The average molecular weight is 462 g/mol. The van der Waals surface area contributed by atoms with Crippen LogP contribution in [0.4, 0.5) is 19.1 Å². The molecule has 0 unspecified atom stereocenters. The van der Waals surface area contributed by atoms with Gasteiger partial charge in [0, 0.05) is 41.4 Å². The Morgan fingerprint density at radius 3 is 2.38 bits per heavy atom. The van der Waals surface area contributed by atoms with Crippen molar-refractivity contribution in [2.24, 2.45) is 0 Å². The lowest BCUT2D eigenvalue weighted by Gasteiger charge is -2.24. The highest BCUT2D eigenvalue weighted by molar-refractivity contribution is 7.81. The van der Waals surface area contributed by atoms with Crippen LogP contribution < -0.4 is 9.64 Å². The number of aromatic nitrogens is 2. The minimum Gasteiger partial charge on any atom is -0.497 e. The summed E-state index contributed by atoms with van der Waals surface area (Å²) < 4.78 is 51.1. The van der Waals surface area contributed by atoms with Gasteiger partial charge in [-0.15, -0.1) is 0 Å². The van der Waals surface area contributed by atoms with E-state index < -0.39 is 17.5 Å². The van der Waals surface area contributed by atoms with Crippen LogP contribution in [0.5, 0.6) is 5.75 Å². The van der Waals surface area contributed by atoms with Gasteiger partial charge >= 0.3 is 0 Å². The zero-order valence-corrected chi connectivity index (χ0v) is 18.2. The second kappa shape index (κ2) is 9.79. The van der Waals surface area contributed by atoms with Crippen molar-refractivity contribution in [2.45, 2.75) is 24.3 Å². The lowest BCUT2D eigenvalue weighted by atomic mass is 10.1. The van der Waals surface area contributed by atoms with E-state index in [1.54, 1.807) is 19.5 Å². The molecule has 5 nitrogen and oxygen atoms in total. The number of ether oxygens (including phenoxy) is 2. The maximum atomic E-state index is 13.8. The Labute approximate surface area is 189 Å². The molecule has 2 atom stereocenters. The number of benzene rings is 2. The average Bonchev–Trinajstić information content (AvgIpc) is 3.17. The van der Waals surface area contributed by atoms with Gasteiger partial charge in [0.15, 0.2) is 11.6 Å². The monoisotopic (exact) mass is 461 g/mol. The first kappa shape index (κ1) is 22.4. The molecule has 0 radical (unpaired) electrons. The summed E-state index contributed by atoms with van der Waals surface area (Å²) in [6, 6.07) is 8.89. The van der Waals surface area contributed by atoms with E-state index in [-0.39, 0.29) is 30.1 Å². The van der Waals surface area contributed by atoms with Gasteiger partial charge in [-0.2, -0.15) is 12.6 Å². The number of nitrogens with zero attached hydrogens (tertiary/aromatic N) is 3. The Hall–Kier alpha value is -2.78. The zero-order valence-electron chi connectivity index (χ0n) is 17.3. The second-order valence-corrected chi connectivity index (χ2v) is 8.30. The first-order valence-electron chi connectivity index (χ1n) is 10.1. The number of methoxy groups -OCH3 is 1. The lowest BCUT2D eigenvalue weighted by molar-refractivity contribution is 0.106. The molecule has 1 aliphatic rings. The predicted molar refractivity (Wildman–Crippen MR) is 119 cm³/mol. The number of hydrogen-bond acceptors (Lipinski definition) is 6. The molecule has 1 fully saturated rings. The molecule has 1 saturated heterocycles. The molecule has 9 heteroatoms. The fourth-order valence-corrected chi connectivity index (χ4v) is 4.10. The summed E-state index contributed by atoms with van der Waals surface area (Å²) in [5.74, 6) is -1.84. The Morgan fingerprint density at radius 2 is 1.69 bits per heavy atom. The largest absolute Gasteiger partial charge is 0.497 e. The van der Waals surface area contributed by atoms with Crippen LogP contribution in [0.3, 0.4) is 0 Å². The smallest absolute Gasteiger partial charge is 0.225 e. The van der Waals surface area contributed by atoms with Crippen LogP contribution in [0.25, 0.3) is 11.1 Å². The van der Waals surface area contributed by atoms with E-state index in [2.05, 4.69) is 22.6 Å². The molecule has 32 heavy (non-hydrogen) atoms. The van der Waals surface area contributed by atoms with Crippen molar-refractivity contribution in [3.8, 4) is 16.9 Å². The summed E-state index contributed by atoms with van der Waals surface area (Å²) in [5.41, 5.74) is 1.81. The van der Waals surface area contributed by atoms with Crippen molar-refractivity contribution < 1.29 is 22.6 Å². The predicted octanol–water partition coefficient (Wildman–Crippen LogP) is 4.66. The number of thiol groups is 1. The molecule has 1 aromatic heterocycles. The van der Waals surface area contributed by atoms with Crippen molar-refractivity contribution in [2.75, 3.05) is 25.2 Å². The van der Waals surface area contributed by atoms with Crippen molar-refractivity contribution in [1.29, 1.82) is 0 Å². The first-order valence-corrected chi connectivity index (χ1v) is 10.6. The molecule has 168 valence electrons. The minimum absolute atomic E-state index is 0.0315. The van der Waals surface area contributed by atoms with Crippen molar-refractivity contribution >= 4 is 18.6 Å². The summed E-state index contributed by atoms with van der Waals surface area (Å²) in [6.45, 7) is 0.722. The van der Waals surface area contributed by atoms with Crippen molar-refractivity contribution in [1.82, 2.24) is 9.97 Å². The molecular weight excluding hydrogens is 439 g/mol. The number of rotatable bonds is 7. The third-order valence-corrected chi connectivity index (χ3v) is 5.74. The standard InChI is InChI=1S/C23H22F3N3O2S/c1-30-18-4-2-14(3-5-18)16-9-27-23(28-10-16)29-11-19(32)7-17(29)13-31-12-15-6-21(25)22(26)8-20(15)24/h2-6,8-10,17,19,32H,7,11-13H2,1H3/t17-,19+/m0/s1. The van der Waals surface area contributed by atoms with E-state index in [1.165, 1.54) is 0 Å². The summed E-state index contributed by atoms with van der Waals surface area (Å²) in [6.07, 6.45) is 4.24. The third-order valence-electron chi connectivity index (χ3n) is 5.37. The number of hydrogen-bond donors (Lipinski definition) is 1. The van der Waals surface area contributed by atoms with Gasteiger partial charge in [-0.25, -0.2) is 23.1 Å². The van der Waals surface area contributed by atoms with Crippen LogP contribution in [0.1, 0.15) is 12.0 Å². The molecule has 0 saturated carbocycles. The highest BCUT2D eigenvalue weighted by Gasteiger charge is 2.32. The second-order valence-electron chi connectivity index (χ2n) is 7.57. The van der Waals surface area contributed by atoms with Gasteiger partial charge in [0.1, 0.15) is 11.6 Å².